The average molecular weight is 289 g/mol. The quantitative estimate of drug-likeness (QED) is 0.916. The molecule has 20 heavy (non-hydrogen) atoms. The van der Waals surface area contributed by atoms with Gasteiger partial charge in [0.25, 0.3) is 0 Å². The van der Waals surface area contributed by atoms with Gasteiger partial charge in [-0.05, 0) is 30.2 Å². The van der Waals surface area contributed by atoms with E-state index >= 15 is 0 Å². The number of aromatic nitrogens is 3. The number of nitrogens with zero attached hydrogens (tertiary/aromatic N) is 4. The number of hydrogen-bond donors (Lipinski definition) is 1. The minimum absolute atomic E-state index is 0.0715. The van der Waals surface area contributed by atoms with Crippen molar-refractivity contribution in [2.75, 3.05) is 6.61 Å². The smallest absolute Gasteiger partial charge is 0.190 e. The summed E-state index contributed by atoms with van der Waals surface area (Å²) in [5.41, 5.74) is 1.87. The first-order chi connectivity index (χ1) is 9.74. The van der Waals surface area contributed by atoms with Gasteiger partial charge < -0.3 is 5.11 Å². The number of halogens is 1. The molecule has 0 amide bonds. The lowest BCUT2D eigenvalue weighted by Crippen LogP contribution is -2.04. The van der Waals surface area contributed by atoms with E-state index in [-0.39, 0.29) is 12.3 Å². The maximum Gasteiger partial charge on any atom is 0.190 e. The first-order valence-electron chi connectivity index (χ1n) is 6.12. The van der Waals surface area contributed by atoms with Crippen molar-refractivity contribution in [3.63, 3.8) is 0 Å². The Hall–Kier alpha value is -2.16. The molecule has 0 aliphatic rings. The summed E-state index contributed by atoms with van der Waals surface area (Å²) in [6, 6.07) is 9.37. The summed E-state index contributed by atoms with van der Waals surface area (Å²) >= 11 is 5.83. The van der Waals surface area contributed by atoms with Crippen molar-refractivity contribution in [3.05, 3.63) is 46.2 Å². The van der Waals surface area contributed by atoms with Crippen LogP contribution in [0.2, 0.25) is 5.02 Å². The van der Waals surface area contributed by atoms with Gasteiger partial charge in [0.2, 0.25) is 0 Å². The molecule has 1 aromatic carbocycles. The van der Waals surface area contributed by atoms with Gasteiger partial charge in [0.1, 0.15) is 6.07 Å². The van der Waals surface area contributed by atoms with Gasteiger partial charge in [0.05, 0.1) is 5.69 Å². The number of aryl methyl sites for hydroxylation is 1. The molecule has 102 valence electrons. The lowest BCUT2D eigenvalue weighted by molar-refractivity contribution is 0.276. The van der Waals surface area contributed by atoms with Crippen molar-refractivity contribution in [3.8, 4) is 6.07 Å². The van der Waals surface area contributed by atoms with E-state index in [0.717, 1.165) is 5.56 Å². The zero-order chi connectivity index (χ0) is 14.4. The van der Waals surface area contributed by atoms with Crippen LogP contribution in [0, 0.1) is 11.3 Å². The molecule has 5 nitrogen and oxygen atoms in total. The fraction of sp³-hybridized carbons (Fsp3) is 0.214. The molecule has 6 heteroatoms. The van der Waals surface area contributed by atoms with E-state index < -0.39 is 0 Å². The van der Waals surface area contributed by atoms with Crippen LogP contribution in [0.4, 0.5) is 0 Å². The molecule has 0 unspecified atom stereocenters. The van der Waals surface area contributed by atoms with E-state index in [0.29, 0.717) is 23.7 Å². The van der Waals surface area contributed by atoms with Gasteiger partial charge in [-0.2, -0.15) is 5.26 Å². The lowest BCUT2D eigenvalue weighted by atomic mass is 10.2. The van der Waals surface area contributed by atoms with Crippen molar-refractivity contribution in [1.82, 2.24) is 15.0 Å². The monoisotopic (exact) mass is 288 g/mol. The molecule has 0 fully saturated rings. The second-order valence-corrected chi connectivity index (χ2v) is 4.56. The lowest BCUT2D eigenvalue weighted by Gasteiger charge is -2.01. The van der Waals surface area contributed by atoms with Crippen LogP contribution in [-0.2, 0) is 6.54 Å². The largest absolute Gasteiger partial charge is 0.396 e. The van der Waals surface area contributed by atoms with Gasteiger partial charge in [0, 0.05) is 18.2 Å². The Morgan fingerprint density at radius 3 is 2.70 bits per heavy atom. The van der Waals surface area contributed by atoms with E-state index in [9.17, 15) is 0 Å². The summed E-state index contributed by atoms with van der Waals surface area (Å²) in [5.74, 6) is 0. The van der Waals surface area contributed by atoms with Gasteiger partial charge in [-0.25, -0.2) is 4.68 Å². The summed E-state index contributed by atoms with van der Waals surface area (Å²) in [6.07, 6.45) is 4.22. The van der Waals surface area contributed by atoms with Crippen LogP contribution in [0.5, 0.6) is 0 Å². The third kappa shape index (κ3) is 3.44. The summed E-state index contributed by atoms with van der Waals surface area (Å²) in [6.45, 7) is 0.591. The number of aliphatic hydroxyl groups is 1. The Labute approximate surface area is 121 Å². The zero-order valence-corrected chi connectivity index (χ0v) is 11.5. The molecule has 0 saturated heterocycles. The molecule has 1 N–H and O–H groups in total. The van der Waals surface area contributed by atoms with Crippen LogP contribution >= 0.6 is 11.6 Å². The Morgan fingerprint density at radius 2 is 2.05 bits per heavy atom. The SMILES string of the molecule is N#Cc1nnn(CCCO)c1/C=C/c1ccc(Cl)cc1. The minimum Gasteiger partial charge on any atom is -0.396 e. The third-order valence-corrected chi connectivity index (χ3v) is 2.96. The van der Waals surface area contributed by atoms with E-state index in [1.54, 1.807) is 22.9 Å². The zero-order valence-electron chi connectivity index (χ0n) is 10.7. The van der Waals surface area contributed by atoms with Crippen LogP contribution in [0.25, 0.3) is 12.2 Å². The first kappa shape index (κ1) is 14.3. The average Bonchev–Trinajstić information content (AvgIpc) is 2.86. The predicted molar refractivity (Wildman–Crippen MR) is 76.8 cm³/mol. The molecular formula is C14H13ClN4O. The molecule has 0 atom stereocenters. The molecule has 2 aromatic rings. The molecule has 0 aliphatic carbocycles. The highest BCUT2D eigenvalue weighted by Gasteiger charge is 2.09. The second kappa shape index (κ2) is 6.85. The molecule has 1 heterocycles. The number of benzene rings is 1. The molecule has 0 saturated carbocycles. The number of nitriles is 1. The summed E-state index contributed by atoms with van der Waals surface area (Å²) in [4.78, 5) is 0. The van der Waals surface area contributed by atoms with Crippen LogP contribution in [0.3, 0.4) is 0 Å². The highest BCUT2D eigenvalue weighted by Crippen LogP contribution is 2.14. The molecule has 2 rings (SSSR count). The van der Waals surface area contributed by atoms with Crippen molar-refractivity contribution in [2.24, 2.45) is 0 Å². The summed E-state index contributed by atoms with van der Waals surface area (Å²) in [7, 11) is 0. The predicted octanol–water partition coefficient (Wildman–Crippen LogP) is 2.36. The van der Waals surface area contributed by atoms with E-state index in [4.69, 9.17) is 22.0 Å². The molecule has 0 spiro atoms. The van der Waals surface area contributed by atoms with Crippen molar-refractivity contribution >= 4 is 23.8 Å². The molecular weight excluding hydrogens is 276 g/mol. The van der Waals surface area contributed by atoms with Gasteiger partial charge >= 0.3 is 0 Å². The Bertz CT molecular complexity index is 640. The maximum absolute atomic E-state index is 9.02. The molecule has 0 bridgehead atoms. The Balaban J connectivity index is 2.25. The van der Waals surface area contributed by atoms with Gasteiger partial charge in [-0.1, -0.05) is 35.0 Å². The van der Waals surface area contributed by atoms with E-state index in [1.807, 2.05) is 24.3 Å². The van der Waals surface area contributed by atoms with E-state index in [1.165, 1.54) is 0 Å². The van der Waals surface area contributed by atoms with Gasteiger partial charge in [-0.3, -0.25) is 0 Å². The summed E-state index contributed by atoms with van der Waals surface area (Å²) in [5, 5.41) is 26.3. The number of hydrogen-bond acceptors (Lipinski definition) is 4. The molecule has 0 aliphatic heterocycles. The maximum atomic E-state index is 9.02. The standard InChI is InChI=1S/C14H13ClN4O/c15-12-5-2-11(3-6-12)4-7-14-13(10-16)17-18-19(14)8-1-9-20/h2-7,20H,1,8-9H2/b7-4+. The normalized spacial score (nSPS) is 10.8. The third-order valence-electron chi connectivity index (χ3n) is 2.71. The first-order valence-corrected chi connectivity index (χ1v) is 6.50. The van der Waals surface area contributed by atoms with Crippen molar-refractivity contribution < 1.29 is 5.11 Å². The Kier molecular flexibility index (Phi) is 4.88. The fourth-order valence-corrected chi connectivity index (χ4v) is 1.83. The number of aliphatic hydroxyl groups excluding tert-OH is 1. The number of rotatable bonds is 5. The highest BCUT2D eigenvalue weighted by molar-refractivity contribution is 6.30. The van der Waals surface area contributed by atoms with Crippen molar-refractivity contribution in [2.45, 2.75) is 13.0 Å². The second-order valence-electron chi connectivity index (χ2n) is 4.12. The molecule has 1 aromatic heterocycles. The van der Waals surface area contributed by atoms with Crippen LogP contribution in [0.15, 0.2) is 24.3 Å². The van der Waals surface area contributed by atoms with Crippen molar-refractivity contribution in [1.29, 1.82) is 5.26 Å². The van der Waals surface area contributed by atoms with Crippen LogP contribution < -0.4 is 0 Å². The Morgan fingerprint density at radius 1 is 1.30 bits per heavy atom. The van der Waals surface area contributed by atoms with Gasteiger partial charge in [-0.15, -0.1) is 5.10 Å². The van der Waals surface area contributed by atoms with Crippen LogP contribution in [-0.4, -0.2) is 26.7 Å². The van der Waals surface area contributed by atoms with Gasteiger partial charge in [0.15, 0.2) is 5.69 Å². The van der Waals surface area contributed by atoms with E-state index in [2.05, 4.69) is 10.3 Å². The van der Waals surface area contributed by atoms with Crippen LogP contribution in [0.1, 0.15) is 23.4 Å². The minimum atomic E-state index is 0.0715. The fourth-order valence-electron chi connectivity index (χ4n) is 1.70. The molecule has 0 radical (unpaired) electrons. The highest BCUT2D eigenvalue weighted by atomic mass is 35.5. The summed E-state index contributed by atoms with van der Waals surface area (Å²) < 4.78 is 1.61. The topological polar surface area (TPSA) is 74.7 Å².